The Labute approximate surface area is 97.0 Å². The zero-order valence-corrected chi connectivity index (χ0v) is 9.56. The van der Waals surface area contributed by atoms with E-state index in [9.17, 15) is 0 Å². The third-order valence-corrected chi connectivity index (χ3v) is 3.71. The zero-order chi connectivity index (χ0) is 10.8. The summed E-state index contributed by atoms with van der Waals surface area (Å²) >= 11 is 0. The number of nitrogens with zero attached hydrogens (tertiary/aromatic N) is 1. The molecular weight excluding hydrogens is 198 g/mol. The summed E-state index contributed by atoms with van der Waals surface area (Å²) < 4.78 is 5.50. The minimum absolute atomic E-state index is 0.455. The largest absolute Gasteiger partial charge is 0.381 e. The van der Waals surface area contributed by atoms with Gasteiger partial charge in [-0.25, -0.2) is 5.32 Å². The van der Waals surface area contributed by atoms with Crippen LogP contribution in [0.4, 0.5) is 0 Å². The SMILES string of the molecule is c1ccc([C@@H]2CCOC2)c(C2CCC[N]2)c1. The standard InChI is InChI=1S/C14H18NO/c1-2-5-13(14-6-3-8-15-14)12(4-1)11-7-9-16-10-11/h1-2,4-5,11,14H,3,6-10H2/t11-,14?/m1/s1. The van der Waals surface area contributed by atoms with E-state index in [4.69, 9.17) is 10.1 Å². The van der Waals surface area contributed by atoms with Crippen molar-refractivity contribution < 1.29 is 4.74 Å². The number of hydrogen-bond donors (Lipinski definition) is 0. The van der Waals surface area contributed by atoms with E-state index < -0.39 is 0 Å². The van der Waals surface area contributed by atoms with Gasteiger partial charge in [0, 0.05) is 25.1 Å². The number of ether oxygens (including phenoxy) is 1. The molecule has 2 atom stereocenters. The Hall–Kier alpha value is -0.860. The van der Waals surface area contributed by atoms with Crippen LogP contribution in [0, 0.1) is 0 Å². The molecule has 1 aromatic carbocycles. The van der Waals surface area contributed by atoms with Gasteiger partial charge in [0.2, 0.25) is 0 Å². The Bertz CT molecular complexity index is 317. The molecule has 0 N–H and O–H groups in total. The molecule has 2 fully saturated rings. The fourth-order valence-corrected chi connectivity index (χ4v) is 2.84. The molecule has 0 saturated carbocycles. The van der Waals surface area contributed by atoms with E-state index in [0.717, 1.165) is 19.8 Å². The van der Waals surface area contributed by atoms with Crippen LogP contribution in [0.3, 0.4) is 0 Å². The van der Waals surface area contributed by atoms with Crippen molar-refractivity contribution in [3.8, 4) is 0 Å². The van der Waals surface area contributed by atoms with E-state index in [1.54, 1.807) is 0 Å². The smallest absolute Gasteiger partial charge is 0.0535 e. The predicted octanol–water partition coefficient (Wildman–Crippen LogP) is 2.63. The minimum atomic E-state index is 0.455. The lowest BCUT2D eigenvalue weighted by Gasteiger charge is -2.18. The van der Waals surface area contributed by atoms with Gasteiger partial charge in [-0.15, -0.1) is 0 Å². The Balaban J connectivity index is 1.90. The summed E-state index contributed by atoms with van der Waals surface area (Å²) in [5.74, 6) is 0.604. The summed E-state index contributed by atoms with van der Waals surface area (Å²) in [6.45, 7) is 2.85. The molecule has 1 radical (unpaired) electrons. The predicted molar refractivity (Wildman–Crippen MR) is 63.6 cm³/mol. The molecule has 2 aliphatic rings. The van der Waals surface area contributed by atoms with Crippen molar-refractivity contribution in [3.63, 3.8) is 0 Å². The average molecular weight is 216 g/mol. The molecule has 0 aliphatic carbocycles. The molecule has 2 nitrogen and oxygen atoms in total. The Morgan fingerprint density at radius 2 is 2.00 bits per heavy atom. The lowest BCUT2D eigenvalue weighted by Crippen LogP contribution is -2.10. The average Bonchev–Trinajstić information content (AvgIpc) is 3.03. The highest BCUT2D eigenvalue weighted by Gasteiger charge is 2.25. The van der Waals surface area contributed by atoms with E-state index in [1.807, 2.05) is 0 Å². The van der Waals surface area contributed by atoms with Crippen LogP contribution in [-0.2, 0) is 4.74 Å². The van der Waals surface area contributed by atoms with Crippen molar-refractivity contribution in [2.75, 3.05) is 19.8 Å². The molecule has 2 heteroatoms. The second-order valence-electron chi connectivity index (χ2n) is 4.75. The van der Waals surface area contributed by atoms with Crippen LogP contribution in [0.1, 0.15) is 42.3 Å². The van der Waals surface area contributed by atoms with Gasteiger partial charge in [-0.1, -0.05) is 24.3 Å². The molecule has 85 valence electrons. The van der Waals surface area contributed by atoms with Gasteiger partial charge in [0.05, 0.1) is 6.61 Å². The third-order valence-electron chi connectivity index (χ3n) is 3.71. The van der Waals surface area contributed by atoms with E-state index in [2.05, 4.69) is 24.3 Å². The molecule has 0 amide bonds. The van der Waals surface area contributed by atoms with Gasteiger partial charge in [0.1, 0.15) is 0 Å². The topological polar surface area (TPSA) is 23.3 Å². The molecular formula is C14H18NO. The van der Waals surface area contributed by atoms with E-state index in [-0.39, 0.29) is 0 Å². The molecule has 0 aromatic heterocycles. The number of hydrogen-bond acceptors (Lipinski definition) is 1. The molecule has 1 aromatic rings. The fraction of sp³-hybridized carbons (Fsp3) is 0.571. The normalized spacial score (nSPS) is 29.8. The monoisotopic (exact) mass is 216 g/mol. The lowest BCUT2D eigenvalue weighted by atomic mass is 9.89. The summed E-state index contributed by atoms with van der Waals surface area (Å²) in [7, 11) is 0. The molecule has 0 bridgehead atoms. The van der Waals surface area contributed by atoms with Crippen LogP contribution in [0.25, 0.3) is 0 Å². The van der Waals surface area contributed by atoms with Gasteiger partial charge in [-0.05, 0) is 30.4 Å². The van der Waals surface area contributed by atoms with Crippen LogP contribution >= 0.6 is 0 Å². The molecule has 16 heavy (non-hydrogen) atoms. The van der Waals surface area contributed by atoms with Crippen molar-refractivity contribution in [2.45, 2.75) is 31.2 Å². The van der Waals surface area contributed by atoms with E-state index >= 15 is 0 Å². The van der Waals surface area contributed by atoms with Crippen molar-refractivity contribution in [2.24, 2.45) is 0 Å². The van der Waals surface area contributed by atoms with Gasteiger partial charge in [-0.2, -0.15) is 0 Å². The number of rotatable bonds is 2. The summed E-state index contributed by atoms with van der Waals surface area (Å²) in [5, 5.41) is 4.70. The molecule has 2 aliphatic heterocycles. The first kappa shape index (κ1) is 10.3. The lowest BCUT2D eigenvalue weighted by molar-refractivity contribution is 0.193. The quantitative estimate of drug-likeness (QED) is 0.745. The van der Waals surface area contributed by atoms with Gasteiger partial charge >= 0.3 is 0 Å². The summed E-state index contributed by atoms with van der Waals surface area (Å²) in [6.07, 6.45) is 3.65. The van der Waals surface area contributed by atoms with Gasteiger partial charge in [0.25, 0.3) is 0 Å². The third kappa shape index (κ3) is 1.87. The highest BCUT2D eigenvalue weighted by molar-refractivity contribution is 5.34. The maximum atomic E-state index is 5.50. The zero-order valence-electron chi connectivity index (χ0n) is 9.56. The van der Waals surface area contributed by atoms with Crippen LogP contribution < -0.4 is 5.32 Å². The highest BCUT2D eigenvalue weighted by Crippen LogP contribution is 2.34. The molecule has 3 rings (SSSR count). The summed E-state index contributed by atoms with van der Waals surface area (Å²) in [5.41, 5.74) is 2.94. The maximum Gasteiger partial charge on any atom is 0.0535 e. The van der Waals surface area contributed by atoms with Gasteiger partial charge < -0.3 is 4.74 Å². The Morgan fingerprint density at radius 1 is 1.12 bits per heavy atom. The first-order valence-corrected chi connectivity index (χ1v) is 6.28. The summed E-state index contributed by atoms with van der Waals surface area (Å²) in [4.78, 5) is 0. The minimum Gasteiger partial charge on any atom is -0.381 e. The second kappa shape index (κ2) is 4.56. The van der Waals surface area contributed by atoms with Crippen LogP contribution in [0.15, 0.2) is 24.3 Å². The van der Waals surface area contributed by atoms with Crippen molar-refractivity contribution in [1.29, 1.82) is 0 Å². The highest BCUT2D eigenvalue weighted by atomic mass is 16.5. The molecule has 0 spiro atoms. The van der Waals surface area contributed by atoms with Gasteiger partial charge in [-0.3, -0.25) is 0 Å². The van der Waals surface area contributed by atoms with Crippen molar-refractivity contribution in [3.05, 3.63) is 35.4 Å². The number of benzene rings is 1. The van der Waals surface area contributed by atoms with Gasteiger partial charge in [0.15, 0.2) is 0 Å². The Morgan fingerprint density at radius 3 is 2.69 bits per heavy atom. The van der Waals surface area contributed by atoms with Crippen LogP contribution in [0.5, 0.6) is 0 Å². The fourth-order valence-electron chi connectivity index (χ4n) is 2.84. The molecule has 1 unspecified atom stereocenters. The first-order valence-electron chi connectivity index (χ1n) is 6.28. The van der Waals surface area contributed by atoms with Crippen LogP contribution in [0.2, 0.25) is 0 Å². The Kier molecular flexibility index (Phi) is 2.94. The maximum absolute atomic E-state index is 5.50. The molecule has 2 heterocycles. The molecule has 2 saturated heterocycles. The summed E-state index contributed by atoms with van der Waals surface area (Å²) in [6, 6.07) is 9.27. The first-order chi connectivity index (χ1) is 7.95. The van der Waals surface area contributed by atoms with E-state index in [1.165, 1.54) is 30.4 Å². The second-order valence-corrected chi connectivity index (χ2v) is 4.75. The van der Waals surface area contributed by atoms with Crippen LogP contribution in [-0.4, -0.2) is 19.8 Å². The van der Waals surface area contributed by atoms with E-state index in [0.29, 0.717) is 12.0 Å². The van der Waals surface area contributed by atoms with Crippen molar-refractivity contribution in [1.82, 2.24) is 5.32 Å². The van der Waals surface area contributed by atoms with Crippen molar-refractivity contribution >= 4 is 0 Å².